The molecule has 1 aliphatic heterocycles. The van der Waals surface area contributed by atoms with E-state index in [1.54, 1.807) is 18.2 Å². The van der Waals surface area contributed by atoms with Crippen LogP contribution < -0.4 is 5.32 Å². The fourth-order valence-corrected chi connectivity index (χ4v) is 3.05. The molecule has 2 rings (SSSR count). The zero-order valence-corrected chi connectivity index (χ0v) is 8.84. The highest BCUT2D eigenvalue weighted by atomic mass is 32.2. The van der Waals surface area contributed by atoms with Gasteiger partial charge in [-0.05, 0) is 17.7 Å². The molecule has 0 spiro atoms. The van der Waals surface area contributed by atoms with Crippen LogP contribution in [0.2, 0.25) is 0 Å². The van der Waals surface area contributed by atoms with Crippen molar-refractivity contribution in [2.75, 3.05) is 7.05 Å². The highest BCUT2D eigenvalue weighted by Crippen LogP contribution is 2.32. The second-order valence-electron chi connectivity index (χ2n) is 3.13. The van der Waals surface area contributed by atoms with E-state index in [1.807, 2.05) is 0 Å². The van der Waals surface area contributed by atoms with Gasteiger partial charge in [0.2, 0.25) is 9.84 Å². The summed E-state index contributed by atoms with van der Waals surface area (Å²) in [6, 6.07) is 6.54. The Morgan fingerprint density at radius 2 is 1.93 bits per heavy atom. The molecular formula is C10H9NO3S. The van der Waals surface area contributed by atoms with Crippen molar-refractivity contribution < 1.29 is 13.2 Å². The van der Waals surface area contributed by atoms with Crippen molar-refractivity contribution in [1.82, 2.24) is 5.32 Å². The molecular weight excluding hydrogens is 214 g/mol. The number of likely N-dealkylation sites (N-methyl/N-ethyl adjacent to an activating group) is 1. The van der Waals surface area contributed by atoms with Crippen molar-refractivity contribution >= 4 is 21.8 Å². The lowest BCUT2D eigenvalue weighted by atomic mass is 10.2. The molecule has 1 amide bonds. The predicted octanol–water partition coefficient (Wildman–Crippen LogP) is 0.561. The summed E-state index contributed by atoms with van der Waals surface area (Å²) in [5.74, 6) is -0.578. The van der Waals surface area contributed by atoms with E-state index in [4.69, 9.17) is 0 Å². The second-order valence-corrected chi connectivity index (χ2v) is 5.02. The molecule has 1 aromatic carbocycles. The van der Waals surface area contributed by atoms with Crippen LogP contribution in [0.25, 0.3) is 6.08 Å². The first kappa shape index (κ1) is 9.92. The van der Waals surface area contributed by atoms with Gasteiger partial charge in [0.1, 0.15) is 4.91 Å². The number of hydrogen-bond acceptors (Lipinski definition) is 3. The van der Waals surface area contributed by atoms with Crippen molar-refractivity contribution in [2.24, 2.45) is 0 Å². The zero-order chi connectivity index (χ0) is 11.1. The van der Waals surface area contributed by atoms with Crippen molar-refractivity contribution in [3.05, 3.63) is 34.7 Å². The van der Waals surface area contributed by atoms with E-state index in [-0.39, 0.29) is 9.80 Å². The van der Waals surface area contributed by atoms with E-state index < -0.39 is 15.7 Å². The predicted molar refractivity (Wildman–Crippen MR) is 55.7 cm³/mol. The molecule has 4 nitrogen and oxygen atoms in total. The molecule has 1 heterocycles. The normalized spacial score (nSPS) is 16.7. The molecule has 0 saturated heterocycles. The average molecular weight is 223 g/mol. The topological polar surface area (TPSA) is 63.2 Å². The maximum absolute atomic E-state index is 11.9. The number of carbonyl (C=O) groups is 1. The van der Waals surface area contributed by atoms with Gasteiger partial charge in [-0.2, -0.15) is 0 Å². The molecule has 0 atom stereocenters. The molecule has 5 heteroatoms. The van der Waals surface area contributed by atoms with Gasteiger partial charge in [0.25, 0.3) is 5.91 Å². The number of hydrogen-bond donors (Lipinski definition) is 1. The Kier molecular flexibility index (Phi) is 2.12. The Morgan fingerprint density at radius 3 is 2.53 bits per heavy atom. The van der Waals surface area contributed by atoms with Gasteiger partial charge in [0.15, 0.2) is 0 Å². The summed E-state index contributed by atoms with van der Waals surface area (Å²) in [7, 11) is -2.20. The average Bonchev–Trinajstić information content (AvgIpc) is 2.51. The number of rotatable bonds is 1. The third-order valence-electron chi connectivity index (χ3n) is 2.24. The van der Waals surface area contributed by atoms with Crippen LogP contribution in [0.1, 0.15) is 5.56 Å². The molecule has 1 aromatic rings. The standard InChI is InChI=1S/C10H9NO3S/c1-11-10(12)9-6-7-4-2-3-5-8(7)15(9,13)14/h2-6H,1H3,(H,11,12). The van der Waals surface area contributed by atoms with E-state index in [1.165, 1.54) is 19.2 Å². The summed E-state index contributed by atoms with van der Waals surface area (Å²) in [4.78, 5) is 11.3. The third kappa shape index (κ3) is 1.35. The quantitative estimate of drug-likeness (QED) is 0.756. The number of benzene rings is 1. The molecule has 78 valence electrons. The van der Waals surface area contributed by atoms with E-state index in [9.17, 15) is 13.2 Å². The number of fused-ring (bicyclic) bond motifs is 1. The molecule has 0 aromatic heterocycles. The summed E-state index contributed by atoms with van der Waals surface area (Å²) in [6.45, 7) is 0. The highest BCUT2D eigenvalue weighted by Gasteiger charge is 2.33. The van der Waals surface area contributed by atoms with E-state index in [0.29, 0.717) is 5.56 Å². The number of sulfone groups is 1. The second kappa shape index (κ2) is 3.20. The van der Waals surface area contributed by atoms with Crippen LogP contribution in [-0.4, -0.2) is 21.4 Å². The molecule has 0 radical (unpaired) electrons. The Balaban J connectivity index is 2.64. The Hall–Kier alpha value is -1.62. The lowest BCUT2D eigenvalue weighted by Crippen LogP contribution is -2.23. The first-order valence-corrected chi connectivity index (χ1v) is 5.83. The summed E-state index contributed by atoms with van der Waals surface area (Å²) >= 11 is 0. The van der Waals surface area contributed by atoms with Gasteiger partial charge in [-0.25, -0.2) is 8.42 Å². The van der Waals surface area contributed by atoms with Crippen molar-refractivity contribution in [3.63, 3.8) is 0 Å². The number of amides is 1. The molecule has 0 fully saturated rings. The minimum atomic E-state index is -3.61. The molecule has 0 unspecified atom stereocenters. The van der Waals surface area contributed by atoms with Crippen LogP contribution in [0.4, 0.5) is 0 Å². The first-order chi connectivity index (χ1) is 7.07. The largest absolute Gasteiger partial charge is 0.354 e. The lowest BCUT2D eigenvalue weighted by Gasteiger charge is -2.01. The fourth-order valence-electron chi connectivity index (χ4n) is 1.49. The highest BCUT2D eigenvalue weighted by molar-refractivity contribution is 7.96. The van der Waals surface area contributed by atoms with Crippen molar-refractivity contribution in [1.29, 1.82) is 0 Å². The zero-order valence-electron chi connectivity index (χ0n) is 8.02. The lowest BCUT2D eigenvalue weighted by molar-refractivity contribution is -0.116. The van der Waals surface area contributed by atoms with Gasteiger partial charge in [-0.1, -0.05) is 18.2 Å². The Morgan fingerprint density at radius 1 is 1.27 bits per heavy atom. The van der Waals surface area contributed by atoms with E-state index in [2.05, 4.69) is 5.32 Å². The maximum Gasteiger partial charge on any atom is 0.262 e. The Bertz CT molecular complexity index is 558. The SMILES string of the molecule is CNC(=O)C1=Cc2ccccc2S1(=O)=O. The first-order valence-electron chi connectivity index (χ1n) is 4.35. The number of nitrogens with one attached hydrogen (secondary N) is 1. The molecule has 1 aliphatic rings. The minimum absolute atomic E-state index is 0.189. The smallest absolute Gasteiger partial charge is 0.262 e. The van der Waals surface area contributed by atoms with Crippen LogP contribution in [0.3, 0.4) is 0 Å². The molecule has 1 N–H and O–H groups in total. The van der Waals surface area contributed by atoms with Gasteiger partial charge >= 0.3 is 0 Å². The van der Waals surface area contributed by atoms with Gasteiger partial charge in [-0.15, -0.1) is 0 Å². The van der Waals surface area contributed by atoms with Crippen LogP contribution in [0.15, 0.2) is 34.1 Å². The monoisotopic (exact) mass is 223 g/mol. The van der Waals surface area contributed by atoms with Gasteiger partial charge in [-0.3, -0.25) is 4.79 Å². The van der Waals surface area contributed by atoms with Crippen LogP contribution in [0.5, 0.6) is 0 Å². The third-order valence-corrected chi connectivity index (χ3v) is 4.07. The molecule has 15 heavy (non-hydrogen) atoms. The summed E-state index contributed by atoms with van der Waals surface area (Å²) < 4.78 is 23.7. The van der Waals surface area contributed by atoms with E-state index >= 15 is 0 Å². The van der Waals surface area contributed by atoms with Crippen molar-refractivity contribution in [2.45, 2.75) is 4.90 Å². The van der Waals surface area contributed by atoms with Crippen LogP contribution >= 0.6 is 0 Å². The molecule has 0 aliphatic carbocycles. The summed E-state index contributed by atoms with van der Waals surface area (Å²) in [5, 5.41) is 2.31. The van der Waals surface area contributed by atoms with Gasteiger partial charge in [0, 0.05) is 7.05 Å². The van der Waals surface area contributed by atoms with Gasteiger partial charge in [0.05, 0.1) is 4.90 Å². The maximum atomic E-state index is 11.9. The summed E-state index contributed by atoms with van der Waals surface area (Å²) in [6.07, 6.45) is 1.39. The van der Waals surface area contributed by atoms with Crippen LogP contribution in [-0.2, 0) is 14.6 Å². The molecule has 0 saturated carbocycles. The number of carbonyl (C=O) groups excluding carboxylic acids is 1. The van der Waals surface area contributed by atoms with Crippen LogP contribution in [0, 0.1) is 0 Å². The van der Waals surface area contributed by atoms with E-state index in [0.717, 1.165) is 0 Å². The van der Waals surface area contributed by atoms with Gasteiger partial charge < -0.3 is 5.32 Å². The summed E-state index contributed by atoms with van der Waals surface area (Å²) in [5.41, 5.74) is 0.566. The minimum Gasteiger partial charge on any atom is -0.354 e. The van der Waals surface area contributed by atoms with Crippen molar-refractivity contribution in [3.8, 4) is 0 Å². The fraction of sp³-hybridized carbons (Fsp3) is 0.100. The molecule has 0 bridgehead atoms. The Labute approximate surface area is 87.5 Å².